The van der Waals surface area contributed by atoms with Gasteiger partial charge in [0, 0.05) is 0 Å². The van der Waals surface area contributed by atoms with Crippen LogP contribution in [0.5, 0.6) is 0 Å². The zero-order chi connectivity index (χ0) is 9.14. The van der Waals surface area contributed by atoms with E-state index in [1.54, 1.807) is 0 Å². The maximum Gasteiger partial charge on any atom is 0.167 e. The van der Waals surface area contributed by atoms with E-state index in [9.17, 15) is 0 Å². The van der Waals surface area contributed by atoms with E-state index in [-0.39, 0.29) is 6.23 Å². The lowest BCUT2D eigenvalue weighted by atomic mass is 10.3. The Balaban J connectivity index is 2.70. The molecule has 0 aromatic carbocycles. The standard InChI is InChI=1S/C10H15NO/c1-7(2)5-6-10-8(3)12-9(4)11-10/h5-6,9,11H,3H2,1-2,4H3/b10-6+. The van der Waals surface area contributed by atoms with Crippen molar-refractivity contribution in [3.63, 3.8) is 0 Å². The molecule has 1 unspecified atom stereocenters. The van der Waals surface area contributed by atoms with E-state index in [4.69, 9.17) is 4.74 Å². The van der Waals surface area contributed by atoms with Crippen LogP contribution in [0.1, 0.15) is 20.8 Å². The van der Waals surface area contributed by atoms with Gasteiger partial charge in [0.2, 0.25) is 0 Å². The molecule has 12 heavy (non-hydrogen) atoms. The first-order chi connectivity index (χ1) is 5.59. The molecule has 1 saturated heterocycles. The summed E-state index contributed by atoms with van der Waals surface area (Å²) in [6.45, 7) is 9.84. The highest BCUT2D eigenvalue weighted by Crippen LogP contribution is 2.17. The molecule has 1 rings (SSSR count). The molecule has 2 nitrogen and oxygen atoms in total. The van der Waals surface area contributed by atoms with Gasteiger partial charge in [0.15, 0.2) is 6.23 Å². The van der Waals surface area contributed by atoms with E-state index in [0.29, 0.717) is 0 Å². The predicted molar refractivity (Wildman–Crippen MR) is 50.3 cm³/mol. The molecule has 0 spiro atoms. The monoisotopic (exact) mass is 165 g/mol. The lowest BCUT2D eigenvalue weighted by Gasteiger charge is -1.99. The van der Waals surface area contributed by atoms with Crippen LogP contribution in [-0.4, -0.2) is 6.23 Å². The first-order valence-electron chi connectivity index (χ1n) is 4.07. The van der Waals surface area contributed by atoms with Gasteiger partial charge in [-0.2, -0.15) is 0 Å². The Hall–Kier alpha value is -1.18. The Labute approximate surface area is 73.6 Å². The third-order valence-corrected chi connectivity index (χ3v) is 1.56. The molecule has 0 aromatic heterocycles. The predicted octanol–water partition coefficient (Wildman–Crippen LogP) is 2.32. The summed E-state index contributed by atoms with van der Waals surface area (Å²) in [6, 6.07) is 0. The number of hydrogen-bond donors (Lipinski definition) is 1. The van der Waals surface area contributed by atoms with Crippen molar-refractivity contribution in [3.05, 3.63) is 35.8 Å². The van der Waals surface area contributed by atoms with Crippen LogP contribution in [0.3, 0.4) is 0 Å². The summed E-state index contributed by atoms with van der Waals surface area (Å²) in [6.07, 6.45) is 4.07. The maximum absolute atomic E-state index is 5.30. The van der Waals surface area contributed by atoms with Gasteiger partial charge in [-0.05, 0) is 26.8 Å². The summed E-state index contributed by atoms with van der Waals surface area (Å²) >= 11 is 0. The molecule has 0 bridgehead atoms. The van der Waals surface area contributed by atoms with Crippen molar-refractivity contribution >= 4 is 0 Å². The molecule has 1 atom stereocenters. The molecule has 0 amide bonds. The molecule has 66 valence electrons. The summed E-state index contributed by atoms with van der Waals surface area (Å²) < 4.78 is 5.30. The van der Waals surface area contributed by atoms with Crippen molar-refractivity contribution in [2.45, 2.75) is 27.0 Å². The van der Waals surface area contributed by atoms with Gasteiger partial charge in [0.1, 0.15) is 5.76 Å². The number of hydrogen-bond acceptors (Lipinski definition) is 2. The highest BCUT2D eigenvalue weighted by molar-refractivity contribution is 5.29. The van der Waals surface area contributed by atoms with Gasteiger partial charge in [0.25, 0.3) is 0 Å². The van der Waals surface area contributed by atoms with E-state index >= 15 is 0 Å². The second kappa shape index (κ2) is 3.48. The molecule has 1 aliphatic rings. The van der Waals surface area contributed by atoms with Crippen molar-refractivity contribution in [1.29, 1.82) is 0 Å². The van der Waals surface area contributed by atoms with Gasteiger partial charge in [0.05, 0.1) is 5.70 Å². The van der Waals surface area contributed by atoms with E-state index in [1.807, 2.05) is 19.1 Å². The topological polar surface area (TPSA) is 21.3 Å². The molecule has 1 N–H and O–H groups in total. The second-order valence-electron chi connectivity index (χ2n) is 3.15. The largest absolute Gasteiger partial charge is 0.470 e. The van der Waals surface area contributed by atoms with E-state index < -0.39 is 0 Å². The van der Waals surface area contributed by atoms with Gasteiger partial charge in [-0.1, -0.05) is 18.2 Å². The van der Waals surface area contributed by atoms with Crippen LogP contribution in [0.25, 0.3) is 0 Å². The second-order valence-corrected chi connectivity index (χ2v) is 3.15. The number of nitrogens with one attached hydrogen (secondary N) is 1. The van der Waals surface area contributed by atoms with E-state index in [0.717, 1.165) is 11.5 Å². The van der Waals surface area contributed by atoms with Gasteiger partial charge in [-0.3, -0.25) is 0 Å². The molecule has 1 heterocycles. The minimum Gasteiger partial charge on any atom is -0.470 e. The Kier molecular flexibility index (Phi) is 2.58. The average molecular weight is 165 g/mol. The molecule has 0 radical (unpaired) electrons. The highest BCUT2D eigenvalue weighted by Gasteiger charge is 2.17. The van der Waals surface area contributed by atoms with Gasteiger partial charge in [-0.25, -0.2) is 0 Å². The first kappa shape index (κ1) is 8.91. The van der Waals surface area contributed by atoms with Crippen molar-refractivity contribution in [2.75, 3.05) is 0 Å². The normalized spacial score (nSPS) is 25.1. The smallest absolute Gasteiger partial charge is 0.167 e. The van der Waals surface area contributed by atoms with Crippen molar-refractivity contribution < 1.29 is 4.74 Å². The molecule has 0 aromatic rings. The minimum absolute atomic E-state index is 0.0503. The number of ether oxygens (including phenoxy) is 1. The third-order valence-electron chi connectivity index (χ3n) is 1.56. The van der Waals surface area contributed by atoms with Crippen LogP contribution < -0.4 is 5.32 Å². The molecular formula is C10H15NO. The molecule has 0 saturated carbocycles. The van der Waals surface area contributed by atoms with Crippen LogP contribution in [-0.2, 0) is 4.74 Å². The van der Waals surface area contributed by atoms with Crippen molar-refractivity contribution in [2.24, 2.45) is 0 Å². The fraction of sp³-hybridized carbons (Fsp3) is 0.400. The maximum atomic E-state index is 5.30. The zero-order valence-electron chi connectivity index (χ0n) is 7.85. The van der Waals surface area contributed by atoms with E-state index in [2.05, 4.69) is 25.7 Å². The summed E-state index contributed by atoms with van der Waals surface area (Å²) in [5.74, 6) is 0.722. The van der Waals surface area contributed by atoms with Crippen LogP contribution >= 0.6 is 0 Å². The third kappa shape index (κ3) is 2.16. The van der Waals surface area contributed by atoms with Crippen LogP contribution in [0.2, 0.25) is 0 Å². The average Bonchev–Trinajstić information content (AvgIpc) is 2.26. The van der Waals surface area contributed by atoms with Crippen LogP contribution in [0.4, 0.5) is 0 Å². The van der Waals surface area contributed by atoms with Crippen LogP contribution in [0.15, 0.2) is 35.8 Å². The molecular weight excluding hydrogens is 150 g/mol. The van der Waals surface area contributed by atoms with E-state index in [1.165, 1.54) is 5.57 Å². The van der Waals surface area contributed by atoms with Crippen molar-refractivity contribution in [1.82, 2.24) is 5.32 Å². The Morgan fingerprint density at radius 3 is 2.67 bits per heavy atom. The Bertz CT molecular complexity index is 247. The lowest BCUT2D eigenvalue weighted by Crippen LogP contribution is -2.16. The summed E-state index contributed by atoms with van der Waals surface area (Å²) in [5, 5.41) is 3.15. The highest BCUT2D eigenvalue weighted by atomic mass is 16.5. The van der Waals surface area contributed by atoms with Crippen molar-refractivity contribution in [3.8, 4) is 0 Å². The lowest BCUT2D eigenvalue weighted by molar-refractivity contribution is 0.164. The van der Waals surface area contributed by atoms with Crippen LogP contribution in [0, 0.1) is 0 Å². The molecule has 1 aliphatic heterocycles. The quantitative estimate of drug-likeness (QED) is 0.643. The summed E-state index contributed by atoms with van der Waals surface area (Å²) in [7, 11) is 0. The van der Waals surface area contributed by atoms with Gasteiger partial charge < -0.3 is 10.1 Å². The summed E-state index contributed by atoms with van der Waals surface area (Å²) in [4.78, 5) is 0. The SMILES string of the molecule is C=C1OC(C)N/C1=C/C=C(C)C. The summed E-state index contributed by atoms with van der Waals surface area (Å²) in [5.41, 5.74) is 2.24. The number of allylic oxidation sites excluding steroid dienone is 3. The molecule has 2 heteroatoms. The van der Waals surface area contributed by atoms with Gasteiger partial charge >= 0.3 is 0 Å². The first-order valence-corrected chi connectivity index (χ1v) is 4.07. The Morgan fingerprint density at radius 1 is 1.58 bits per heavy atom. The van der Waals surface area contributed by atoms with Gasteiger partial charge in [-0.15, -0.1) is 0 Å². The number of rotatable bonds is 1. The zero-order valence-corrected chi connectivity index (χ0v) is 7.85. The fourth-order valence-corrected chi connectivity index (χ4v) is 0.997. The molecule has 0 aliphatic carbocycles. The molecule has 1 fully saturated rings. The fourth-order valence-electron chi connectivity index (χ4n) is 0.997. The Morgan fingerprint density at radius 2 is 2.25 bits per heavy atom. The minimum atomic E-state index is 0.0503.